The van der Waals surface area contributed by atoms with E-state index in [1.54, 1.807) is 7.11 Å². The standard InChI is InChI=1S/C19H15F3N2O2S/c1-26-15-4-2-3-12-13(15)5-6-14(12)23-18-17-10(7-11(9-25)27-17)8-16(24-18)19(20,21)22/h2-4,7-9,14H,5-6H2,1H3,(H,23,24)/t14-/m1/s1. The van der Waals surface area contributed by atoms with E-state index in [4.69, 9.17) is 4.74 Å². The monoisotopic (exact) mass is 392 g/mol. The molecular formula is C19H15F3N2O2S. The molecule has 0 unspecified atom stereocenters. The van der Waals surface area contributed by atoms with Crippen LogP contribution in [0.1, 0.15) is 39.0 Å². The Morgan fingerprint density at radius 1 is 1.33 bits per heavy atom. The lowest BCUT2D eigenvalue weighted by molar-refractivity contribution is -0.141. The summed E-state index contributed by atoms with van der Waals surface area (Å²) in [5.74, 6) is 0.928. The molecule has 0 spiro atoms. The summed E-state index contributed by atoms with van der Waals surface area (Å²) in [7, 11) is 1.60. The predicted molar refractivity (Wildman–Crippen MR) is 97.7 cm³/mol. The molecule has 1 aliphatic rings. The fraction of sp³-hybridized carbons (Fsp3) is 0.263. The number of rotatable bonds is 4. The van der Waals surface area contributed by atoms with Crippen LogP contribution in [-0.4, -0.2) is 18.4 Å². The number of anilines is 1. The van der Waals surface area contributed by atoms with E-state index in [0.717, 1.165) is 47.1 Å². The van der Waals surface area contributed by atoms with Crippen molar-refractivity contribution in [2.24, 2.45) is 0 Å². The van der Waals surface area contributed by atoms with Gasteiger partial charge in [0.25, 0.3) is 0 Å². The summed E-state index contributed by atoms with van der Waals surface area (Å²) >= 11 is 1.13. The number of nitrogens with zero attached hydrogens (tertiary/aromatic N) is 1. The van der Waals surface area contributed by atoms with Gasteiger partial charge in [-0.05, 0) is 47.6 Å². The van der Waals surface area contributed by atoms with Crippen molar-refractivity contribution in [1.29, 1.82) is 0 Å². The molecule has 0 amide bonds. The Morgan fingerprint density at radius 3 is 2.85 bits per heavy atom. The molecule has 0 fully saturated rings. The maximum absolute atomic E-state index is 13.3. The highest BCUT2D eigenvalue weighted by molar-refractivity contribution is 7.21. The highest BCUT2D eigenvalue weighted by Gasteiger charge is 2.34. The van der Waals surface area contributed by atoms with E-state index in [1.165, 1.54) is 6.07 Å². The summed E-state index contributed by atoms with van der Waals surface area (Å²) in [4.78, 5) is 15.3. The fourth-order valence-corrected chi connectivity index (χ4v) is 4.40. The molecule has 8 heteroatoms. The number of pyridine rings is 1. The van der Waals surface area contributed by atoms with Gasteiger partial charge in [-0.3, -0.25) is 4.79 Å². The third kappa shape index (κ3) is 3.14. The second kappa shape index (κ2) is 6.53. The van der Waals surface area contributed by atoms with Crippen LogP contribution in [0.4, 0.5) is 19.0 Å². The molecule has 4 rings (SSSR count). The molecule has 3 aromatic rings. The lowest BCUT2D eigenvalue weighted by atomic mass is 10.1. The van der Waals surface area contributed by atoms with Gasteiger partial charge in [0.2, 0.25) is 0 Å². The molecule has 1 aromatic carbocycles. The van der Waals surface area contributed by atoms with Crippen LogP contribution in [0.2, 0.25) is 0 Å². The molecule has 27 heavy (non-hydrogen) atoms. The molecule has 0 aliphatic heterocycles. The molecule has 0 saturated carbocycles. The van der Waals surface area contributed by atoms with Crippen molar-refractivity contribution in [1.82, 2.24) is 4.98 Å². The average molecular weight is 392 g/mol. The Balaban J connectivity index is 1.79. The summed E-state index contributed by atoms with van der Waals surface area (Å²) in [5, 5.41) is 3.53. The SMILES string of the molecule is COc1cccc2c1CC[C@H]2Nc1nc(C(F)(F)F)cc2cc(C=O)sc12. The van der Waals surface area contributed by atoms with E-state index in [2.05, 4.69) is 10.3 Å². The van der Waals surface area contributed by atoms with Gasteiger partial charge in [-0.2, -0.15) is 13.2 Å². The first-order valence-electron chi connectivity index (χ1n) is 8.30. The molecule has 4 nitrogen and oxygen atoms in total. The zero-order valence-corrected chi connectivity index (χ0v) is 15.1. The minimum Gasteiger partial charge on any atom is -0.496 e. The van der Waals surface area contributed by atoms with Crippen LogP contribution in [0.3, 0.4) is 0 Å². The topological polar surface area (TPSA) is 51.2 Å². The Morgan fingerprint density at radius 2 is 2.15 bits per heavy atom. The van der Waals surface area contributed by atoms with E-state index in [0.29, 0.717) is 21.2 Å². The highest BCUT2D eigenvalue weighted by Crippen LogP contribution is 2.41. The van der Waals surface area contributed by atoms with Gasteiger partial charge in [0.05, 0.1) is 22.7 Å². The van der Waals surface area contributed by atoms with Crippen LogP contribution < -0.4 is 10.1 Å². The first-order chi connectivity index (χ1) is 12.9. The molecule has 0 radical (unpaired) electrons. The number of fused-ring (bicyclic) bond motifs is 2. The second-order valence-corrected chi connectivity index (χ2v) is 7.39. The molecule has 2 heterocycles. The van der Waals surface area contributed by atoms with Gasteiger partial charge in [0.15, 0.2) is 6.29 Å². The Labute approximate surface area is 157 Å². The summed E-state index contributed by atoms with van der Waals surface area (Å²) in [6.45, 7) is 0. The molecule has 2 aromatic heterocycles. The van der Waals surface area contributed by atoms with E-state index in [9.17, 15) is 18.0 Å². The van der Waals surface area contributed by atoms with E-state index in [1.807, 2.05) is 18.2 Å². The van der Waals surface area contributed by atoms with Crippen molar-refractivity contribution < 1.29 is 22.7 Å². The molecular weight excluding hydrogens is 377 g/mol. The highest BCUT2D eigenvalue weighted by atomic mass is 32.1. The normalized spacial score (nSPS) is 16.4. The molecule has 0 saturated heterocycles. The van der Waals surface area contributed by atoms with E-state index in [-0.39, 0.29) is 11.9 Å². The predicted octanol–water partition coefficient (Wildman–Crippen LogP) is 5.24. The fourth-order valence-electron chi connectivity index (χ4n) is 3.50. The lowest BCUT2D eigenvalue weighted by Gasteiger charge is -2.17. The first kappa shape index (κ1) is 17.8. The van der Waals surface area contributed by atoms with Crippen molar-refractivity contribution >= 4 is 33.5 Å². The van der Waals surface area contributed by atoms with Crippen molar-refractivity contribution in [2.45, 2.75) is 25.1 Å². The van der Waals surface area contributed by atoms with E-state index < -0.39 is 11.9 Å². The summed E-state index contributed by atoms with van der Waals surface area (Å²) < 4.78 is 45.7. The van der Waals surface area contributed by atoms with Crippen LogP contribution in [0, 0.1) is 0 Å². The number of ether oxygens (including phenoxy) is 1. The smallest absolute Gasteiger partial charge is 0.433 e. The van der Waals surface area contributed by atoms with Gasteiger partial charge >= 0.3 is 6.18 Å². The average Bonchev–Trinajstić information content (AvgIpc) is 3.24. The number of aromatic nitrogens is 1. The van der Waals surface area contributed by atoms with E-state index >= 15 is 0 Å². The number of methoxy groups -OCH3 is 1. The largest absolute Gasteiger partial charge is 0.496 e. The number of halogens is 3. The molecule has 1 aliphatic carbocycles. The Bertz CT molecular complexity index is 1030. The first-order valence-corrected chi connectivity index (χ1v) is 9.11. The third-order valence-corrected chi connectivity index (χ3v) is 5.77. The van der Waals surface area contributed by atoms with Gasteiger partial charge in [-0.1, -0.05) is 12.1 Å². The number of aldehydes is 1. The number of carbonyl (C=O) groups is 1. The van der Waals surface area contributed by atoms with Crippen molar-refractivity contribution in [3.8, 4) is 5.75 Å². The summed E-state index contributed by atoms with van der Waals surface area (Å²) in [6, 6.07) is 7.95. The molecule has 1 atom stereocenters. The molecule has 1 N–H and O–H groups in total. The van der Waals surface area contributed by atoms with Crippen LogP contribution in [-0.2, 0) is 12.6 Å². The van der Waals surface area contributed by atoms with Gasteiger partial charge in [-0.25, -0.2) is 4.98 Å². The number of hydrogen-bond donors (Lipinski definition) is 1. The number of nitrogens with one attached hydrogen (secondary N) is 1. The zero-order chi connectivity index (χ0) is 19.2. The van der Waals surface area contributed by atoms with Gasteiger partial charge in [0, 0.05) is 0 Å². The lowest BCUT2D eigenvalue weighted by Crippen LogP contribution is -2.13. The quantitative estimate of drug-likeness (QED) is 0.618. The third-order valence-electron chi connectivity index (χ3n) is 4.68. The van der Waals surface area contributed by atoms with Crippen LogP contribution in [0.25, 0.3) is 10.1 Å². The van der Waals surface area contributed by atoms with Crippen molar-refractivity contribution in [2.75, 3.05) is 12.4 Å². The van der Waals surface area contributed by atoms with Crippen LogP contribution in [0.15, 0.2) is 30.3 Å². The maximum atomic E-state index is 13.3. The van der Waals surface area contributed by atoms with Crippen LogP contribution in [0.5, 0.6) is 5.75 Å². The van der Waals surface area contributed by atoms with Gasteiger partial charge in [-0.15, -0.1) is 11.3 Å². The molecule has 140 valence electrons. The van der Waals surface area contributed by atoms with Crippen molar-refractivity contribution in [3.63, 3.8) is 0 Å². The zero-order valence-electron chi connectivity index (χ0n) is 14.3. The minimum atomic E-state index is -4.56. The number of alkyl halides is 3. The number of carbonyl (C=O) groups excluding carboxylic acids is 1. The number of thiophene rings is 1. The second-order valence-electron chi connectivity index (χ2n) is 6.30. The Kier molecular flexibility index (Phi) is 4.30. The summed E-state index contributed by atoms with van der Waals surface area (Å²) in [5.41, 5.74) is 1.07. The van der Waals surface area contributed by atoms with Gasteiger partial charge < -0.3 is 10.1 Å². The Hall–Kier alpha value is -2.61. The maximum Gasteiger partial charge on any atom is 0.433 e. The number of benzene rings is 1. The van der Waals surface area contributed by atoms with Crippen LogP contribution >= 0.6 is 11.3 Å². The molecule has 0 bridgehead atoms. The summed E-state index contributed by atoms with van der Waals surface area (Å²) in [6.07, 6.45) is -2.44. The minimum absolute atomic E-state index is 0.151. The van der Waals surface area contributed by atoms with Gasteiger partial charge in [0.1, 0.15) is 17.3 Å². The number of hydrogen-bond acceptors (Lipinski definition) is 5. The van der Waals surface area contributed by atoms with Crippen molar-refractivity contribution in [3.05, 3.63) is 52.0 Å².